The van der Waals surface area contributed by atoms with E-state index < -0.39 is 0 Å². The molecule has 0 fully saturated rings. The second-order valence-electron chi connectivity index (χ2n) is 4.46. The Balaban J connectivity index is 1.80. The summed E-state index contributed by atoms with van der Waals surface area (Å²) in [6.45, 7) is 0.572. The van der Waals surface area contributed by atoms with Crippen LogP contribution in [0.2, 0.25) is 0 Å². The number of hydrogen-bond donors (Lipinski definition) is 2. The summed E-state index contributed by atoms with van der Waals surface area (Å²) in [7, 11) is 1.65. The number of ether oxygens (including phenoxy) is 1. The third-order valence-electron chi connectivity index (χ3n) is 2.96. The highest BCUT2D eigenvalue weighted by Gasteiger charge is 2.04. The molecule has 0 aliphatic carbocycles. The molecule has 4 nitrogen and oxygen atoms in total. The van der Waals surface area contributed by atoms with Gasteiger partial charge in [-0.05, 0) is 58.8 Å². The first kappa shape index (κ1) is 15.6. The number of methoxy groups -OCH3 is 1. The van der Waals surface area contributed by atoms with E-state index in [9.17, 15) is 4.79 Å². The smallest absolute Gasteiger partial charge is 0.319 e. The minimum atomic E-state index is -0.193. The van der Waals surface area contributed by atoms with Gasteiger partial charge in [0.1, 0.15) is 5.75 Å². The number of rotatable bonds is 5. The molecule has 2 rings (SSSR count). The highest BCUT2D eigenvalue weighted by Crippen LogP contribution is 2.16. The van der Waals surface area contributed by atoms with Crippen molar-refractivity contribution in [2.75, 3.05) is 19.0 Å². The number of para-hydroxylation sites is 1. The maximum Gasteiger partial charge on any atom is 0.319 e. The van der Waals surface area contributed by atoms with Crippen molar-refractivity contribution >= 4 is 34.3 Å². The molecule has 0 aliphatic rings. The van der Waals surface area contributed by atoms with Crippen molar-refractivity contribution in [3.8, 4) is 5.75 Å². The summed E-state index contributed by atoms with van der Waals surface area (Å²) in [5.41, 5.74) is 1.95. The molecule has 5 heteroatoms. The minimum absolute atomic E-state index is 0.193. The monoisotopic (exact) mass is 396 g/mol. The summed E-state index contributed by atoms with van der Waals surface area (Å²) in [5.74, 6) is 0.829. The highest BCUT2D eigenvalue weighted by atomic mass is 127. The zero-order valence-corrected chi connectivity index (χ0v) is 13.9. The van der Waals surface area contributed by atoms with Crippen LogP contribution < -0.4 is 15.4 Å². The van der Waals surface area contributed by atoms with Crippen molar-refractivity contribution in [2.24, 2.45) is 0 Å². The van der Waals surface area contributed by atoms with Crippen LogP contribution in [0.1, 0.15) is 5.56 Å². The van der Waals surface area contributed by atoms with Crippen molar-refractivity contribution < 1.29 is 9.53 Å². The molecular weight excluding hydrogens is 379 g/mol. The number of amides is 2. The fourth-order valence-corrected chi connectivity index (χ4v) is 2.40. The van der Waals surface area contributed by atoms with Gasteiger partial charge < -0.3 is 15.4 Å². The van der Waals surface area contributed by atoms with Crippen molar-refractivity contribution in [1.29, 1.82) is 0 Å². The van der Waals surface area contributed by atoms with E-state index in [0.29, 0.717) is 6.54 Å². The highest BCUT2D eigenvalue weighted by molar-refractivity contribution is 14.1. The summed E-state index contributed by atoms with van der Waals surface area (Å²) >= 11 is 2.19. The van der Waals surface area contributed by atoms with E-state index in [4.69, 9.17) is 4.74 Å². The van der Waals surface area contributed by atoms with Crippen LogP contribution in [-0.2, 0) is 6.42 Å². The van der Waals surface area contributed by atoms with E-state index >= 15 is 0 Å². The van der Waals surface area contributed by atoms with Gasteiger partial charge >= 0.3 is 6.03 Å². The fourth-order valence-electron chi connectivity index (χ4n) is 1.88. The topological polar surface area (TPSA) is 50.4 Å². The molecular formula is C16H17IN2O2. The lowest BCUT2D eigenvalue weighted by Crippen LogP contribution is -2.30. The first-order valence-electron chi connectivity index (χ1n) is 6.61. The molecule has 2 amide bonds. The number of halogens is 1. The molecule has 0 saturated heterocycles. The van der Waals surface area contributed by atoms with Gasteiger partial charge in [0.25, 0.3) is 0 Å². The molecule has 0 aliphatic heterocycles. The lowest BCUT2D eigenvalue weighted by Gasteiger charge is -2.09. The largest absolute Gasteiger partial charge is 0.497 e. The first-order chi connectivity index (χ1) is 10.2. The van der Waals surface area contributed by atoms with Crippen LogP contribution in [0.15, 0.2) is 48.5 Å². The fraction of sp³-hybridized carbons (Fsp3) is 0.188. The van der Waals surface area contributed by atoms with Crippen LogP contribution in [0.25, 0.3) is 0 Å². The third-order valence-corrected chi connectivity index (χ3v) is 3.90. The predicted molar refractivity (Wildman–Crippen MR) is 92.9 cm³/mol. The summed E-state index contributed by atoms with van der Waals surface area (Å²) < 4.78 is 6.19. The summed E-state index contributed by atoms with van der Waals surface area (Å²) in [6, 6.07) is 15.3. The number of hydrogen-bond acceptors (Lipinski definition) is 2. The molecule has 0 saturated carbocycles. The molecule has 0 spiro atoms. The van der Waals surface area contributed by atoms with Crippen LogP contribution in [0.3, 0.4) is 0 Å². The molecule has 0 unspecified atom stereocenters. The van der Waals surface area contributed by atoms with E-state index in [2.05, 4.69) is 33.2 Å². The molecule has 110 valence electrons. The standard InChI is InChI=1S/C16H17IN2O2/c1-21-13-6-4-5-12(11-13)9-10-18-16(20)19-15-8-3-2-7-14(15)17/h2-8,11H,9-10H2,1H3,(H2,18,19,20). The van der Waals surface area contributed by atoms with Gasteiger partial charge in [0.2, 0.25) is 0 Å². The quantitative estimate of drug-likeness (QED) is 0.758. The van der Waals surface area contributed by atoms with Crippen LogP contribution in [-0.4, -0.2) is 19.7 Å². The van der Waals surface area contributed by atoms with Gasteiger partial charge in [-0.3, -0.25) is 0 Å². The number of nitrogens with one attached hydrogen (secondary N) is 2. The first-order valence-corrected chi connectivity index (χ1v) is 7.69. The van der Waals surface area contributed by atoms with Gasteiger partial charge in [-0.1, -0.05) is 24.3 Å². The predicted octanol–water partition coefficient (Wildman–Crippen LogP) is 3.66. The zero-order chi connectivity index (χ0) is 15.1. The van der Waals surface area contributed by atoms with Crippen LogP contribution in [0.4, 0.5) is 10.5 Å². The molecule has 2 N–H and O–H groups in total. The normalized spacial score (nSPS) is 10.0. The third kappa shape index (κ3) is 4.93. The van der Waals surface area contributed by atoms with Crippen LogP contribution in [0, 0.1) is 3.57 Å². The second-order valence-corrected chi connectivity index (χ2v) is 5.62. The van der Waals surface area contributed by atoms with Crippen molar-refractivity contribution in [1.82, 2.24) is 5.32 Å². The Bertz CT molecular complexity index is 617. The summed E-state index contributed by atoms with van der Waals surface area (Å²) in [5, 5.41) is 5.69. The van der Waals surface area contributed by atoms with Gasteiger partial charge in [0, 0.05) is 10.1 Å². The number of carbonyl (C=O) groups excluding carboxylic acids is 1. The van der Waals surface area contributed by atoms with E-state index in [0.717, 1.165) is 27.0 Å². The van der Waals surface area contributed by atoms with E-state index in [1.807, 2.05) is 48.5 Å². The van der Waals surface area contributed by atoms with E-state index in [1.54, 1.807) is 7.11 Å². The number of benzene rings is 2. The average molecular weight is 396 g/mol. The summed E-state index contributed by atoms with van der Waals surface area (Å²) in [4.78, 5) is 11.8. The lowest BCUT2D eigenvalue weighted by molar-refractivity contribution is 0.252. The second kappa shape index (κ2) is 7.87. The Labute approximate surface area is 138 Å². The van der Waals surface area contributed by atoms with Gasteiger partial charge in [0.05, 0.1) is 12.8 Å². The summed E-state index contributed by atoms with van der Waals surface area (Å²) in [6.07, 6.45) is 0.760. The van der Waals surface area contributed by atoms with E-state index in [1.165, 1.54) is 0 Å². The van der Waals surface area contributed by atoms with Gasteiger partial charge in [0.15, 0.2) is 0 Å². The van der Waals surface area contributed by atoms with E-state index in [-0.39, 0.29) is 6.03 Å². The van der Waals surface area contributed by atoms with Crippen molar-refractivity contribution in [3.05, 3.63) is 57.7 Å². The molecule has 2 aromatic carbocycles. The number of anilines is 1. The molecule has 0 radical (unpaired) electrons. The molecule has 0 aromatic heterocycles. The maximum atomic E-state index is 11.8. The lowest BCUT2D eigenvalue weighted by atomic mass is 10.1. The molecule has 0 atom stereocenters. The van der Waals surface area contributed by atoms with Crippen molar-refractivity contribution in [3.63, 3.8) is 0 Å². The molecule has 0 bridgehead atoms. The zero-order valence-electron chi connectivity index (χ0n) is 11.7. The Morgan fingerprint density at radius 3 is 2.76 bits per heavy atom. The average Bonchev–Trinajstić information content (AvgIpc) is 2.50. The maximum absolute atomic E-state index is 11.8. The Hall–Kier alpha value is -1.76. The SMILES string of the molecule is COc1cccc(CCNC(=O)Nc2ccccc2I)c1. The van der Waals surface area contributed by atoms with Gasteiger partial charge in [-0.25, -0.2) is 4.79 Å². The Kier molecular flexibility index (Phi) is 5.86. The Morgan fingerprint density at radius 1 is 1.19 bits per heavy atom. The molecule has 0 heterocycles. The number of carbonyl (C=O) groups is 1. The van der Waals surface area contributed by atoms with Gasteiger partial charge in [-0.2, -0.15) is 0 Å². The van der Waals surface area contributed by atoms with Gasteiger partial charge in [-0.15, -0.1) is 0 Å². The Morgan fingerprint density at radius 2 is 2.00 bits per heavy atom. The molecule has 21 heavy (non-hydrogen) atoms. The molecule has 2 aromatic rings. The number of urea groups is 1. The minimum Gasteiger partial charge on any atom is -0.497 e. The van der Waals surface area contributed by atoms with Crippen molar-refractivity contribution in [2.45, 2.75) is 6.42 Å². The van der Waals surface area contributed by atoms with Crippen LogP contribution >= 0.6 is 22.6 Å². The van der Waals surface area contributed by atoms with Crippen LogP contribution in [0.5, 0.6) is 5.75 Å².